The van der Waals surface area contributed by atoms with Crippen LogP contribution >= 0.6 is 0 Å². The van der Waals surface area contributed by atoms with Gasteiger partial charge in [-0.1, -0.05) is 26.0 Å². The first-order chi connectivity index (χ1) is 9.43. The van der Waals surface area contributed by atoms with Crippen molar-refractivity contribution < 1.29 is 18.5 Å². The quantitative estimate of drug-likeness (QED) is 0.799. The van der Waals surface area contributed by atoms with Gasteiger partial charge >= 0.3 is 0 Å². The minimum absolute atomic E-state index is 0.0936. The Bertz CT molecular complexity index is 462. The summed E-state index contributed by atoms with van der Waals surface area (Å²) < 4.78 is 24.3. The maximum absolute atomic E-state index is 12.9. The number of nitrogens with one attached hydrogen (secondary N) is 1. The second kappa shape index (κ2) is 8.11. The van der Waals surface area contributed by atoms with Crippen LogP contribution in [0.25, 0.3) is 0 Å². The highest BCUT2D eigenvalue weighted by Crippen LogP contribution is 2.21. The van der Waals surface area contributed by atoms with Crippen molar-refractivity contribution in [2.24, 2.45) is 5.92 Å². The molecule has 0 saturated carbocycles. The van der Waals surface area contributed by atoms with Gasteiger partial charge < -0.3 is 10.4 Å². The molecule has 112 valence electrons. The molecule has 0 bridgehead atoms. The topological polar surface area (TPSA) is 66.4 Å². The van der Waals surface area contributed by atoms with Crippen molar-refractivity contribution in [3.63, 3.8) is 0 Å². The van der Waals surface area contributed by atoms with E-state index in [1.807, 2.05) is 13.8 Å². The molecule has 0 spiro atoms. The molecule has 0 radical (unpaired) electrons. The predicted molar refractivity (Wildman–Crippen MR) is 77.1 cm³/mol. The van der Waals surface area contributed by atoms with Gasteiger partial charge in [-0.05, 0) is 23.6 Å². The minimum atomic E-state index is -1.36. The highest BCUT2D eigenvalue weighted by Gasteiger charge is 2.19. The van der Waals surface area contributed by atoms with Gasteiger partial charge in [-0.3, -0.25) is 9.00 Å². The van der Waals surface area contributed by atoms with Gasteiger partial charge in [-0.25, -0.2) is 4.39 Å². The Morgan fingerprint density at radius 2 is 1.95 bits per heavy atom. The summed E-state index contributed by atoms with van der Waals surface area (Å²) >= 11 is 0. The van der Waals surface area contributed by atoms with Gasteiger partial charge in [0, 0.05) is 16.6 Å². The Balaban J connectivity index is 2.70. The molecule has 1 aromatic carbocycles. The number of carbonyl (C=O) groups is 1. The molecule has 6 heteroatoms. The SMILES string of the molecule is CC(C)[C@@H](NC(=O)C[S@](=O)CCO)c1ccc(F)cc1. The maximum atomic E-state index is 12.9. The number of benzene rings is 1. The summed E-state index contributed by atoms with van der Waals surface area (Å²) in [6.07, 6.45) is 0. The zero-order chi connectivity index (χ0) is 15.1. The Morgan fingerprint density at radius 3 is 2.45 bits per heavy atom. The van der Waals surface area contributed by atoms with Crippen LogP contribution in [0.15, 0.2) is 24.3 Å². The zero-order valence-corrected chi connectivity index (χ0v) is 12.5. The van der Waals surface area contributed by atoms with Crippen LogP contribution in [0, 0.1) is 11.7 Å². The highest BCUT2D eigenvalue weighted by atomic mass is 32.2. The number of carbonyl (C=O) groups excluding carboxylic acids is 1. The lowest BCUT2D eigenvalue weighted by molar-refractivity contribution is -0.119. The first-order valence-corrected chi connectivity index (χ1v) is 7.93. The van der Waals surface area contributed by atoms with Crippen LogP contribution < -0.4 is 5.32 Å². The van der Waals surface area contributed by atoms with E-state index in [0.717, 1.165) is 5.56 Å². The summed E-state index contributed by atoms with van der Waals surface area (Å²) in [5, 5.41) is 11.5. The molecular weight excluding hydrogens is 281 g/mol. The van der Waals surface area contributed by atoms with Crippen molar-refractivity contribution in [3.05, 3.63) is 35.6 Å². The zero-order valence-electron chi connectivity index (χ0n) is 11.6. The van der Waals surface area contributed by atoms with E-state index in [1.165, 1.54) is 12.1 Å². The molecule has 0 aliphatic rings. The average molecular weight is 301 g/mol. The van der Waals surface area contributed by atoms with Crippen LogP contribution in [-0.4, -0.2) is 33.3 Å². The molecule has 0 aliphatic carbocycles. The fraction of sp³-hybridized carbons (Fsp3) is 0.500. The van der Waals surface area contributed by atoms with Crippen LogP contribution in [0.4, 0.5) is 4.39 Å². The Kier molecular flexibility index (Phi) is 6.81. The summed E-state index contributed by atoms with van der Waals surface area (Å²) in [4.78, 5) is 11.8. The lowest BCUT2D eigenvalue weighted by Crippen LogP contribution is -2.35. The fourth-order valence-corrected chi connectivity index (χ4v) is 2.56. The standard InChI is InChI=1S/C14H20FNO3S/c1-10(2)14(11-3-5-12(15)6-4-11)16-13(18)9-20(19)8-7-17/h3-6,10,14,17H,7-9H2,1-2H3,(H,16,18)/t14-,20-/m1/s1. The second-order valence-corrected chi connectivity index (χ2v) is 6.43. The van der Waals surface area contributed by atoms with Gasteiger partial charge in [-0.15, -0.1) is 0 Å². The first-order valence-electron chi connectivity index (χ1n) is 6.44. The number of halogens is 1. The third-order valence-corrected chi connectivity index (χ3v) is 4.05. The number of aliphatic hydroxyl groups is 1. The second-order valence-electron chi connectivity index (χ2n) is 4.85. The molecule has 0 aliphatic heterocycles. The number of aliphatic hydroxyl groups excluding tert-OH is 1. The first kappa shape index (κ1) is 16.8. The van der Waals surface area contributed by atoms with E-state index in [1.54, 1.807) is 12.1 Å². The van der Waals surface area contributed by atoms with Crippen molar-refractivity contribution in [2.45, 2.75) is 19.9 Å². The van der Waals surface area contributed by atoms with E-state index in [0.29, 0.717) is 0 Å². The van der Waals surface area contributed by atoms with E-state index in [9.17, 15) is 13.4 Å². The van der Waals surface area contributed by atoms with Crippen molar-refractivity contribution in [2.75, 3.05) is 18.1 Å². The molecular formula is C14H20FNO3S. The van der Waals surface area contributed by atoms with Crippen LogP contribution in [0.3, 0.4) is 0 Å². The van der Waals surface area contributed by atoms with Gasteiger partial charge in [0.25, 0.3) is 0 Å². The average Bonchev–Trinajstić information content (AvgIpc) is 2.37. The summed E-state index contributed by atoms with van der Waals surface area (Å²) in [6.45, 7) is 3.68. The van der Waals surface area contributed by atoms with Gasteiger partial charge in [-0.2, -0.15) is 0 Å². The molecule has 2 N–H and O–H groups in total. The van der Waals surface area contributed by atoms with E-state index < -0.39 is 10.8 Å². The largest absolute Gasteiger partial charge is 0.395 e. The third-order valence-electron chi connectivity index (χ3n) is 2.82. The Labute approximate surface area is 120 Å². The summed E-state index contributed by atoms with van der Waals surface area (Å²) in [7, 11) is -1.36. The molecule has 1 amide bonds. The Hall–Kier alpha value is -1.27. The molecule has 2 atom stereocenters. The lowest BCUT2D eigenvalue weighted by atomic mass is 9.96. The maximum Gasteiger partial charge on any atom is 0.233 e. The number of hydrogen-bond acceptors (Lipinski definition) is 3. The van der Waals surface area contributed by atoms with Gasteiger partial charge in [0.05, 0.1) is 12.6 Å². The van der Waals surface area contributed by atoms with Gasteiger partial charge in [0.1, 0.15) is 11.6 Å². The summed E-state index contributed by atoms with van der Waals surface area (Å²) in [6, 6.07) is 5.70. The predicted octanol–water partition coefficient (Wildman–Crippen LogP) is 1.38. The highest BCUT2D eigenvalue weighted by molar-refractivity contribution is 7.85. The van der Waals surface area contributed by atoms with Gasteiger partial charge in [0.2, 0.25) is 5.91 Å². The van der Waals surface area contributed by atoms with E-state index in [4.69, 9.17) is 5.11 Å². The molecule has 1 aromatic rings. The van der Waals surface area contributed by atoms with Crippen molar-refractivity contribution in [3.8, 4) is 0 Å². The van der Waals surface area contributed by atoms with Crippen LogP contribution in [0.1, 0.15) is 25.5 Å². The monoisotopic (exact) mass is 301 g/mol. The molecule has 0 fully saturated rings. The van der Waals surface area contributed by atoms with Crippen LogP contribution in [0.5, 0.6) is 0 Å². The normalized spacial score (nSPS) is 14.1. The van der Waals surface area contributed by atoms with Crippen LogP contribution in [-0.2, 0) is 15.6 Å². The van der Waals surface area contributed by atoms with Crippen molar-refractivity contribution in [1.82, 2.24) is 5.32 Å². The van der Waals surface area contributed by atoms with E-state index >= 15 is 0 Å². The molecule has 0 aromatic heterocycles. The molecule has 0 unspecified atom stereocenters. The van der Waals surface area contributed by atoms with Crippen LogP contribution in [0.2, 0.25) is 0 Å². The van der Waals surface area contributed by atoms with E-state index in [2.05, 4.69) is 5.32 Å². The molecule has 4 nitrogen and oxygen atoms in total. The lowest BCUT2D eigenvalue weighted by Gasteiger charge is -2.23. The molecule has 1 rings (SSSR count). The number of hydrogen-bond donors (Lipinski definition) is 2. The summed E-state index contributed by atoms with van der Waals surface area (Å²) in [5.74, 6) is -0.580. The number of amides is 1. The molecule has 20 heavy (non-hydrogen) atoms. The molecule has 0 heterocycles. The third kappa shape index (κ3) is 5.38. The smallest absolute Gasteiger partial charge is 0.233 e. The number of rotatable bonds is 7. The van der Waals surface area contributed by atoms with Crippen molar-refractivity contribution >= 4 is 16.7 Å². The Morgan fingerprint density at radius 1 is 1.35 bits per heavy atom. The van der Waals surface area contributed by atoms with E-state index in [-0.39, 0.29) is 41.8 Å². The fourth-order valence-electron chi connectivity index (χ4n) is 1.84. The molecule has 0 saturated heterocycles. The summed E-state index contributed by atoms with van der Waals surface area (Å²) in [5.41, 5.74) is 0.808. The van der Waals surface area contributed by atoms with Crippen molar-refractivity contribution in [1.29, 1.82) is 0 Å². The van der Waals surface area contributed by atoms with Gasteiger partial charge in [0.15, 0.2) is 0 Å². The minimum Gasteiger partial charge on any atom is -0.395 e.